The van der Waals surface area contributed by atoms with Crippen molar-refractivity contribution in [3.63, 3.8) is 0 Å². The quantitative estimate of drug-likeness (QED) is 0.807. The smallest absolute Gasteiger partial charge is 0.254 e. The molecule has 32 heavy (non-hydrogen) atoms. The van der Waals surface area contributed by atoms with Crippen molar-refractivity contribution in [2.45, 2.75) is 50.6 Å². The third-order valence-corrected chi connectivity index (χ3v) is 7.10. The van der Waals surface area contributed by atoms with Gasteiger partial charge in [-0.15, -0.1) is 0 Å². The predicted octanol–water partition coefficient (Wildman–Crippen LogP) is 3.16. The van der Waals surface area contributed by atoms with Crippen LogP contribution in [0.25, 0.3) is 0 Å². The van der Waals surface area contributed by atoms with E-state index in [0.29, 0.717) is 25.1 Å². The molecule has 2 heterocycles. The molecule has 3 aliphatic rings. The first-order valence-corrected chi connectivity index (χ1v) is 11.5. The molecule has 3 atom stereocenters. The zero-order chi connectivity index (χ0) is 22.4. The van der Waals surface area contributed by atoms with Crippen LogP contribution in [0.4, 0.5) is 0 Å². The van der Waals surface area contributed by atoms with Crippen molar-refractivity contribution >= 4 is 17.7 Å². The van der Waals surface area contributed by atoms with E-state index >= 15 is 0 Å². The Hall–Kier alpha value is -3.15. The molecular weight excluding hydrogens is 402 g/mol. The van der Waals surface area contributed by atoms with Gasteiger partial charge in [0.2, 0.25) is 11.8 Å². The van der Waals surface area contributed by atoms with Crippen LogP contribution in [0, 0.1) is 12.8 Å². The Morgan fingerprint density at radius 2 is 1.81 bits per heavy atom. The molecule has 1 aliphatic carbocycles. The van der Waals surface area contributed by atoms with E-state index in [1.165, 1.54) is 0 Å². The summed E-state index contributed by atoms with van der Waals surface area (Å²) in [5.74, 6) is -1.18. The number of benzene rings is 2. The zero-order valence-corrected chi connectivity index (χ0v) is 18.4. The number of fused-ring (bicyclic) bond motifs is 1. The molecule has 0 spiro atoms. The van der Waals surface area contributed by atoms with E-state index in [1.807, 2.05) is 54.3 Å². The summed E-state index contributed by atoms with van der Waals surface area (Å²) >= 11 is 0. The fourth-order valence-electron chi connectivity index (χ4n) is 5.39. The molecule has 3 amide bonds. The molecule has 5 rings (SSSR count). The summed E-state index contributed by atoms with van der Waals surface area (Å²) in [7, 11) is 0. The Labute approximate surface area is 188 Å². The van der Waals surface area contributed by atoms with E-state index in [4.69, 9.17) is 5.73 Å². The van der Waals surface area contributed by atoms with E-state index in [2.05, 4.69) is 6.07 Å². The van der Waals surface area contributed by atoms with Gasteiger partial charge in [0.15, 0.2) is 0 Å². The lowest BCUT2D eigenvalue weighted by molar-refractivity contribution is -0.138. The number of nitrogens with zero attached hydrogens (tertiary/aromatic N) is 2. The SMILES string of the molecule is Cc1cccc(C2C(C(=O)N3CCCC(C(N)=O)C3)c3ccccc3C(=O)N2C2CC2)c1. The van der Waals surface area contributed by atoms with Gasteiger partial charge in [0.25, 0.3) is 5.91 Å². The number of likely N-dealkylation sites (tertiary alicyclic amines) is 1. The predicted molar refractivity (Wildman–Crippen MR) is 121 cm³/mol. The summed E-state index contributed by atoms with van der Waals surface area (Å²) in [6.45, 7) is 2.99. The van der Waals surface area contributed by atoms with Gasteiger partial charge in [-0.1, -0.05) is 48.0 Å². The Balaban J connectivity index is 1.62. The van der Waals surface area contributed by atoms with Crippen molar-refractivity contribution in [2.24, 2.45) is 11.7 Å². The lowest BCUT2D eigenvalue weighted by Gasteiger charge is -2.44. The minimum Gasteiger partial charge on any atom is -0.369 e. The average molecular weight is 432 g/mol. The van der Waals surface area contributed by atoms with Gasteiger partial charge in [0, 0.05) is 24.7 Å². The second-order valence-electron chi connectivity index (χ2n) is 9.39. The number of hydrogen-bond donors (Lipinski definition) is 1. The third kappa shape index (κ3) is 3.57. The van der Waals surface area contributed by atoms with Gasteiger partial charge in [0.1, 0.15) is 0 Å². The molecule has 2 aromatic rings. The number of piperidine rings is 1. The molecule has 0 radical (unpaired) electrons. The van der Waals surface area contributed by atoms with E-state index in [-0.39, 0.29) is 35.7 Å². The molecule has 0 aromatic heterocycles. The molecular formula is C26H29N3O3. The maximum atomic E-state index is 14.1. The summed E-state index contributed by atoms with van der Waals surface area (Å²) in [4.78, 5) is 43.3. The largest absolute Gasteiger partial charge is 0.369 e. The zero-order valence-electron chi connectivity index (χ0n) is 18.4. The lowest BCUT2D eigenvalue weighted by atomic mass is 9.78. The van der Waals surface area contributed by atoms with Gasteiger partial charge in [-0.2, -0.15) is 0 Å². The molecule has 2 aliphatic heterocycles. The van der Waals surface area contributed by atoms with Crippen molar-refractivity contribution in [3.8, 4) is 0 Å². The van der Waals surface area contributed by atoms with Crippen LogP contribution in [0.5, 0.6) is 0 Å². The first-order valence-electron chi connectivity index (χ1n) is 11.5. The Bertz CT molecular complexity index is 1080. The van der Waals surface area contributed by atoms with Gasteiger partial charge in [-0.25, -0.2) is 0 Å². The molecule has 2 N–H and O–H groups in total. The summed E-state index contributed by atoms with van der Waals surface area (Å²) in [6.07, 6.45) is 3.40. The Morgan fingerprint density at radius 1 is 1.03 bits per heavy atom. The van der Waals surface area contributed by atoms with Gasteiger partial charge in [-0.05, 0) is 49.8 Å². The highest BCUT2D eigenvalue weighted by atomic mass is 16.2. The molecule has 6 nitrogen and oxygen atoms in total. The van der Waals surface area contributed by atoms with E-state index in [0.717, 1.165) is 36.0 Å². The van der Waals surface area contributed by atoms with Crippen LogP contribution in [-0.4, -0.2) is 46.7 Å². The normalized spacial score (nSPS) is 25.4. The number of carbonyl (C=O) groups is 3. The average Bonchev–Trinajstić information content (AvgIpc) is 3.64. The molecule has 1 saturated carbocycles. The topological polar surface area (TPSA) is 83.7 Å². The minimum absolute atomic E-state index is 0.00677. The monoisotopic (exact) mass is 431 g/mol. The molecule has 2 aromatic carbocycles. The van der Waals surface area contributed by atoms with Crippen molar-refractivity contribution in [3.05, 3.63) is 70.8 Å². The highest BCUT2D eigenvalue weighted by molar-refractivity contribution is 6.01. The number of primary amides is 1. The van der Waals surface area contributed by atoms with Crippen LogP contribution in [0.15, 0.2) is 48.5 Å². The van der Waals surface area contributed by atoms with Crippen LogP contribution in [0.2, 0.25) is 0 Å². The number of aryl methyl sites for hydroxylation is 1. The van der Waals surface area contributed by atoms with Crippen LogP contribution >= 0.6 is 0 Å². The summed E-state index contributed by atoms with van der Waals surface area (Å²) in [5.41, 5.74) is 9.07. The third-order valence-electron chi connectivity index (χ3n) is 7.10. The lowest BCUT2D eigenvalue weighted by Crippen LogP contribution is -2.51. The molecule has 3 unspecified atom stereocenters. The first kappa shape index (κ1) is 20.7. The maximum Gasteiger partial charge on any atom is 0.254 e. The maximum absolute atomic E-state index is 14.1. The van der Waals surface area contributed by atoms with Crippen LogP contribution in [0.1, 0.15) is 64.7 Å². The number of nitrogens with two attached hydrogens (primary N) is 1. The van der Waals surface area contributed by atoms with Crippen LogP contribution < -0.4 is 5.73 Å². The first-order chi connectivity index (χ1) is 15.5. The van der Waals surface area contributed by atoms with Gasteiger partial charge < -0.3 is 15.5 Å². The van der Waals surface area contributed by atoms with Gasteiger partial charge >= 0.3 is 0 Å². The van der Waals surface area contributed by atoms with Gasteiger partial charge in [-0.3, -0.25) is 14.4 Å². The highest BCUT2D eigenvalue weighted by Crippen LogP contribution is 2.48. The Kier molecular flexibility index (Phi) is 5.24. The molecule has 166 valence electrons. The van der Waals surface area contributed by atoms with Crippen molar-refractivity contribution in [1.82, 2.24) is 9.80 Å². The van der Waals surface area contributed by atoms with Gasteiger partial charge in [0.05, 0.1) is 17.9 Å². The summed E-state index contributed by atoms with van der Waals surface area (Å²) < 4.78 is 0. The Morgan fingerprint density at radius 3 is 2.53 bits per heavy atom. The number of rotatable bonds is 4. The van der Waals surface area contributed by atoms with Crippen molar-refractivity contribution < 1.29 is 14.4 Å². The standard InChI is InChI=1S/C26H29N3O3/c1-16-6-4-7-17(14-16)23-22(26(32)28-13-5-8-18(15-28)24(27)30)20-9-2-3-10-21(20)25(31)29(23)19-11-12-19/h2-4,6-7,9-10,14,18-19,22-23H,5,8,11-13,15H2,1H3,(H2,27,30). The number of hydrogen-bond acceptors (Lipinski definition) is 3. The summed E-state index contributed by atoms with van der Waals surface area (Å²) in [5, 5.41) is 0. The second-order valence-corrected chi connectivity index (χ2v) is 9.39. The fourth-order valence-corrected chi connectivity index (χ4v) is 5.39. The second kappa shape index (κ2) is 8.08. The fraction of sp³-hybridized carbons (Fsp3) is 0.423. The minimum atomic E-state index is -0.502. The van der Waals surface area contributed by atoms with Crippen LogP contribution in [0.3, 0.4) is 0 Å². The van der Waals surface area contributed by atoms with Crippen molar-refractivity contribution in [2.75, 3.05) is 13.1 Å². The van der Waals surface area contributed by atoms with Crippen LogP contribution in [-0.2, 0) is 9.59 Å². The molecule has 1 saturated heterocycles. The summed E-state index contributed by atoms with van der Waals surface area (Å²) in [6, 6.07) is 15.5. The van der Waals surface area contributed by atoms with E-state index in [9.17, 15) is 14.4 Å². The molecule has 6 heteroatoms. The molecule has 2 fully saturated rings. The van der Waals surface area contributed by atoms with E-state index in [1.54, 1.807) is 4.90 Å². The highest BCUT2D eigenvalue weighted by Gasteiger charge is 2.50. The number of amides is 3. The van der Waals surface area contributed by atoms with E-state index < -0.39 is 5.92 Å². The molecule has 0 bridgehead atoms. The van der Waals surface area contributed by atoms with Crippen molar-refractivity contribution in [1.29, 1.82) is 0 Å². The number of carbonyl (C=O) groups excluding carboxylic acids is 3.